The first-order chi connectivity index (χ1) is 13.5. The van der Waals surface area contributed by atoms with Gasteiger partial charge in [0.15, 0.2) is 23.2 Å². The minimum Gasteiger partial charge on any atom is -0.494 e. The number of H-pyrrole nitrogens is 1. The van der Waals surface area contributed by atoms with E-state index in [1.165, 1.54) is 25.3 Å². The molecule has 1 aliphatic heterocycles. The lowest BCUT2D eigenvalue weighted by Gasteiger charge is -2.27. The quantitative estimate of drug-likeness (QED) is 0.746. The summed E-state index contributed by atoms with van der Waals surface area (Å²) < 4.78 is 45.7. The van der Waals surface area contributed by atoms with Crippen molar-refractivity contribution in [1.29, 1.82) is 0 Å². The highest BCUT2D eigenvalue weighted by atomic mass is 19.2. The number of nitrogens with zero attached hydrogens (tertiary/aromatic N) is 2. The lowest BCUT2D eigenvalue weighted by atomic mass is 10.00. The third kappa shape index (κ3) is 3.11. The van der Waals surface area contributed by atoms with Crippen molar-refractivity contribution in [1.82, 2.24) is 15.1 Å². The highest BCUT2D eigenvalue weighted by molar-refractivity contribution is 5.94. The fraction of sp³-hybridized carbons (Fsp3) is 0.200. The number of carbonyl (C=O) groups excluding carboxylic acids is 1. The number of methoxy groups -OCH3 is 1. The molecule has 2 heterocycles. The van der Waals surface area contributed by atoms with Crippen LogP contribution in [0.4, 0.5) is 13.2 Å². The molecule has 1 N–H and O–H groups in total. The summed E-state index contributed by atoms with van der Waals surface area (Å²) in [6, 6.07) is 7.60. The van der Waals surface area contributed by atoms with Gasteiger partial charge in [0.25, 0.3) is 5.91 Å². The summed E-state index contributed by atoms with van der Waals surface area (Å²) in [5.74, 6) is -2.78. The van der Waals surface area contributed by atoms with Crippen LogP contribution in [-0.4, -0.2) is 34.7 Å². The van der Waals surface area contributed by atoms with Gasteiger partial charge in [-0.3, -0.25) is 9.89 Å². The van der Waals surface area contributed by atoms with Crippen molar-refractivity contribution in [2.24, 2.45) is 0 Å². The van der Waals surface area contributed by atoms with Gasteiger partial charge in [-0.15, -0.1) is 0 Å². The van der Waals surface area contributed by atoms with Crippen LogP contribution in [-0.2, 0) is 13.0 Å². The zero-order valence-electron chi connectivity index (χ0n) is 14.9. The smallest absolute Gasteiger partial charge is 0.254 e. The van der Waals surface area contributed by atoms with E-state index in [-0.39, 0.29) is 23.8 Å². The molecule has 0 unspecified atom stereocenters. The van der Waals surface area contributed by atoms with Crippen LogP contribution in [0.25, 0.3) is 11.3 Å². The number of hydrogen-bond donors (Lipinski definition) is 1. The van der Waals surface area contributed by atoms with Gasteiger partial charge in [0.1, 0.15) is 0 Å². The van der Waals surface area contributed by atoms with E-state index in [0.29, 0.717) is 24.2 Å². The van der Waals surface area contributed by atoms with Crippen LogP contribution in [0.15, 0.2) is 36.4 Å². The van der Waals surface area contributed by atoms with Crippen molar-refractivity contribution in [2.45, 2.75) is 13.0 Å². The number of rotatable bonds is 3. The Hall–Kier alpha value is -3.29. The van der Waals surface area contributed by atoms with Gasteiger partial charge in [-0.25, -0.2) is 13.2 Å². The standard InChI is InChI=1S/C20H16F3N3O2/c1-28-18-5-3-12(9-16(18)23)20(27)26-7-6-17-13(10-26)19(25-24-17)11-2-4-14(21)15(22)8-11/h2-5,8-9H,6-7,10H2,1H3,(H,24,25). The summed E-state index contributed by atoms with van der Waals surface area (Å²) >= 11 is 0. The Morgan fingerprint density at radius 1 is 1.11 bits per heavy atom. The number of ether oxygens (including phenoxy) is 1. The Balaban J connectivity index is 1.62. The fourth-order valence-corrected chi connectivity index (χ4v) is 3.33. The highest BCUT2D eigenvalue weighted by Crippen LogP contribution is 2.30. The minimum absolute atomic E-state index is 0.0629. The number of fused-ring (bicyclic) bond motifs is 1. The monoisotopic (exact) mass is 387 g/mol. The van der Waals surface area contributed by atoms with E-state index in [1.54, 1.807) is 4.90 Å². The summed E-state index contributed by atoms with van der Waals surface area (Å²) in [6.07, 6.45) is 0.524. The second kappa shape index (κ2) is 7.03. The molecule has 28 heavy (non-hydrogen) atoms. The molecule has 2 aromatic carbocycles. The van der Waals surface area contributed by atoms with Gasteiger partial charge in [0, 0.05) is 41.9 Å². The van der Waals surface area contributed by atoms with Gasteiger partial charge in [0.2, 0.25) is 0 Å². The van der Waals surface area contributed by atoms with E-state index in [9.17, 15) is 18.0 Å². The summed E-state index contributed by atoms with van der Waals surface area (Å²) in [7, 11) is 1.35. The Morgan fingerprint density at radius 2 is 1.93 bits per heavy atom. The lowest BCUT2D eigenvalue weighted by molar-refractivity contribution is 0.0734. The van der Waals surface area contributed by atoms with E-state index < -0.39 is 17.5 Å². The van der Waals surface area contributed by atoms with Crippen LogP contribution in [0.5, 0.6) is 5.75 Å². The van der Waals surface area contributed by atoms with Crippen molar-refractivity contribution in [2.75, 3.05) is 13.7 Å². The van der Waals surface area contributed by atoms with Gasteiger partial charge < -0.3 is 9.64 Å². The van der Waals surface area contributed by atoms with Gasteiger partial charge >= 0.3 is 0 Å². The van der Waals surface area contributed by atoms with Crippen LogP contribution in [0.3, 0.4) is 0 Å². The van der Waals surface area contributed by atoms with Crippen LogP contribution in [0.2, 0.25) is 0 Å². The topological polar surface area (TPSA) is 58.2 Å². The predicted octanol–water partition coefficient (Wildman–Crippen LogP) is 3.70. The SMILES string of the molecule is COc1ccc(C(=O)N2CCc3[nH]nc(-c4ccc(F)c(F)c4)c3C2)cc1F. The summed E-state index contributed by atoms with van der Waals surface area (Å²) in [6.45, 7) is 0.658. The molecule has 4 rings (SSSR count). The van der Waals surface area contributed by atoms with Crippen molar-refractivity contribution in [3.05, 3.63) is 70.7 Å². The zero-order valence-corrected chi connectivity index (χ0v) is 14.9. The second-order valence-corrected chi connectivity index (χ2v) is 6.48. The molecule has 3 aromatic rings. The van der Waals surface area contributed by atoms with E-state index in [0.717, 1.165) is 29.5 Å². The number of hydrogen-bond acceptors (Lipinski definition) is 3. The Kier molecular flexibility index (Phi) is 4.54. The molecule has 0 fully saturated rings. The highest BCUT2D eigenvalue weighted by Gasteiger charge is 2.27. The van der Waals surface area contributed by atoms with Gasteiger partial charge in [-0.1, -0.05) is 0 Å². The molecule has 0 spiro atoms. The van der Waals surface area contributed by atoms with Gasteiger partial charge in [-0.05, 0) is 36.4 Å². The second-order valence-electron chi connectivity index (χ2n) is 6.48. The van der Waals surface area contributed by atoms with Crippen molar-refractivity contribution >= 4 is 5.91 Å². The molecule has 0 saturated heterocycles. The van der Waals surface area contributed by atoms with Crippen LogP contribution in [0, 0.1) is 17.5 Å². The maximum atomic E-state index is 13.9. The number of halogens is 3. The van der Waals surface area contributed by atoms with Gasteiger partial charge in [-0.2, -0.15) is 5.10 Å². The third-order valence-corrected chi connectivity index (χ3v) is 4.81. The average molecular weight is 387 g/mol. The molecule has 0 radical (unpaired) electrons. The molecule has 5 nitrogen and oxygen atoms in total. The first-order valence-electron chi connectivity index (χ1n) is 8.62. The number of carbonyl (C=O) groups is 1. The molecule has 144 valence electrons. The van der Waals surface area contributed by atoms with Crippen molar-refractivity contribution in [3.63, 3.8) is 0 Å². The predicted molar refractivity (Wildman–Crippen MR) is 95.3 cm³/mol. The number of aromatic nitrogens is 2. The molecule has 0 bridgehead atoms. The molecule has 8 heteroatoms. The fourth-order valence-electron chi connectivity index (χ4n) is 3.33. The molecule has 1 amide bonds. The molecule has 0 atom stereocenters. The average Bonchev–Trinajstić information content (AvgIpc) is 3.12. The number of nitrogens with one attached hydrogen (secondary N) is 1. The summed E-state index contributed by atoms with van der Waals surface area (Å²) in [5.41, 5.74) is 2.66. The van der Waals surface area contributed by atoms with E-state index >= 15 is 0 Å². The minimum atomic E-state index is -0.966. The Labute approximate surface area is 158 Å². The molecule has 1 aliphatic rings. The van der Waals surface area contributed by atoms with Crippen molar-refractivity contribution in [3.8, 4) is 17.0 Å². The Morgan fingerprint density at radius 3 is 2.64 bits per heavy atom. The van der Waals surface area contributed by atoms with E-state index in [4.69, 9.17) is 4.74 Å². The normalized spacial score (nSPS) is 13.4. The largest absolute Gasteiger partial charge is 0.494 e. The zero-order chi connectivity index (χ0) is 19.8. The number of amides is 1. The van der Waals surface area contributed by atoms with Crippen molar-refractivity contribution < 1.29 is 22.7 Å². The molecule has 0 saturated carbocycles. The van der Waals surface area contributed by atoms with Crippen LogP contribution < -0.4 is 4.74 Å². The first-order valence-corrected chi connectivity index (χ1v) is 8.62. The number of benzene rings is 2. The lowest BCUT2D eigenvalue weighted by Crippen LogP contribution is -2.36. The molecule has 1 aromatic heterocycles. The maximum Gasteiger partial charge on any atom is 0.254 e. The van der Waals surface area contributed by atoms with Crippen LogP contribution >= 0.6 is 0 Å². The molecular weight excluding hydrogens is 371 g/mol. The van der Waals surface area contributed by atoms with E-state index in [1.807, 2.05) is 0 Å². The van der Waals surface area contributed by atoms with Crippen LogP contribution in [0.1, 0.15) is 21.6 Å². The summed E-state index contributed by atoms with van der Waals surface area (Å²) in [5, 5.41) is 7.12. The van der Waals surface area contributed by atoms with E-state index in [2.05, 4.69) is 10.2 Å². The first kappa shape index (κ1) is 18.1. The summed E-state index contributed by atoms with van der Waals surface area (Å²) in [4.78, 5) is 14.4. The molecule has 0 aliphatic carbocycles. The number of aromatic amines is 1. The Bertz CT molecular complexity index is 1060. The maximum absolute atomic E-state index is 13.9. The molecular formula is C20H16F3N3O2. The van der Waals surface area contributed by atoms with Gasteiger partial charge in [0.05, 0.1) is 12.8 Å². The third-order valence-electron chi connectivity index (χ3n) is 4.81.